The molecular weight excluding hydrogens is 136 g/mol. The van der Waals surface area contributed by atoms with Gasteiger partial charge in [-0.2, -0.15) is 0 Å². The fourth-order valence-corrected chi connectivity index (χ4v) is 1.39. The zero-order valence-corrected chi connectivity index (χ0v) is 5.77. The molecule has 0 radical (unpaired) electrons. The highest BCUT2D eigenvalue weighted by atomic mass is 32.2. The van der Waals surface area contributed by atoms with Crippen LogP contribution in [0.5, 0.6) is 0 Å². The Kier molecular flexibility index (Phi) is 2.57. The lowest BCUT2D eigenvalue weighted by Crippen LogP contribution is -2.04. The molecule has 9 heavy (non-hydrogen) atoms. The van der Waals surface area contributed by atoms with E-state index < -0.39 is 0 Å². The standard InChI is InChI=1S/C5H8N2OS/c8-7-4-5-6-2-1-3-9-5/h4,8H,1-3H2/b7-4-. The average Bonchev–Trinajstić information content (AvgIpc) is 1.91. The molecule has 1 heterocycles. The first-order valence-electron chi connectivity index (χ1n) is 2.78. The van der Waals surface area contributed by atoms with Gasteiger partial charge in [-0.1, -0.05) is 5.16 Å². The van der Waals surface area contributed by atoms with Crippen LogP contribution < -0.4 is 0 Å². The Labute approximate surface area is 57.9 Å². The second-order valence-corrected chi connectivity index (χ2v) is 2.78. The molecule has 0 saturated heterocycles. The summed E-state index contributed by atoms with van der Waals surface area (Å²) in [5.74, 6) is 1.09. The van der Waals surface area contributed by atoms with Gasteiger partial charge < -0.3 is 5.21 Å². The largest absolute Gasteiger partial charge is 0.411 e. The summed E-state index contributed by atoms with van der Waals surface area (Å²) >= 11 is 1.63. The topological polar surface area (TPSA) is 45.0 Å². The number of rotatable bonds is 1. The van der Waals surface area contributed by atoms with Gasteiger partial charge in [-0.25, -0.2) is 0 Å². The maximum absolute atomic E-state index is 8.09. The molecule has 0 bridgehead atoms. The fraction of sp³-hybridized carbons (Fsp3) is 0.600. The Morgan fingerprint density at radius 1 is 1.78 bits per heavy atom. The summed E-state index contributed by atoms with van der Waals surface area (Å²) in [5, 5.41) is 11.8. The van der Waals surface area contributed by atoms with Crippen LogP contribution in [0.3, 0.4) is 0 Å². The Balaban J connectivity index is 2.46. The Bertz CT molecular complexity index is 144. The predicted octanol–water partition coefficient (Wildman–Crippen LogP) is 0.982. The molecule has 0 atom stereocenters. The van der Waals surface area contributed by atoms with Crippen molar-refractivity contribution in [2.75, 3.05) is 12.3 Å². The molecule has 1 aliphatic rings. The fourth-order valence-electron chi connectivity index (χ4n) is 0.604. The monoisotopic (exact) mass is 144 g/mol. The summed E-state index contributed by atoms with van der Waals surface area (Å²) in [6.07, 6.45) is 2.51. The van der Waals surface area contributed by atoms with E-state index in [1.165, 1.54) is 6.21 Å². The summed E-state index contributed by atoms with van der Waals surface area (Å²) in [5.41, 5.74) is 0. The number of aliphatic imine (C=N–C) groups is 1. The molecule has 50 valence electrons. The minimum atomic E-state index is 0.837. The highest BCUT2D eigenvalue weighted by Crippen LogP contribution is 2.10. The smallest absolute Gasteiger partial charge is 0.112 e. The third kappa shape index (κ3) is 2.05. The minimum absolute atomic E-state index is 0.837. The first-order valence-corrected chi connectivity index (χ1v) is 3.77. The van der Waals surface area contributed by atoms with Crippen molar-refractivity contribution in [3.8, 4) is 0 Å². The van der Waals surface area contributed by atoms with Gasteiger partial charge in [0.25, 0.3) is 0 Å². The van der Waals surface area contributed by atoms with Crippen LogP contribution in [0.25, 0.3) is 0 Å². The van der Waals surface area contributed by atoms with Gasteiger partial charge in [0.05, 0.1) is 6.21 Å². The van der Waals surface area contributed by atoms with E-state index in [0.717, 1.165) is 23.8 Å². The van der Waals surface area contributed by atoms with E-state index >= 15 is 0 Å². The van der Waals surface area contributed by atoms with Crippen LogP contribution in [0, 0.1) is 0 Å². The number of nitrogens with zero attached hydrogens (tertiary/aromatic N) is 2. The Morgan fingerprint density at radius 2 is 2.67 bits per heavy atom. The van der Waals surface area contributed by atoms with Crippen LogP contribution in [-0.4, -0.2) is 28.8 Å². The van der Waals surface area contributed by atoms with Gasteiger partial charge >= 0.3 is 0 Å². The van der Waals surface area contributed by atoms with E-state index in [0.29, 0.717) is 0 Å². The van der Waals surface area contributed by atoms with Crippen LogP contribution in [0.4, 0.5) is 0 Å². The first-order chi connectivity index (χ1) is 4.43. The van der Waals surface area contributed by atoms with E-state index in [9.17, 15) is 0 Å². The number of hydrogen-bond donors (Lipinski definition) is 1. The van der Waals surface area contributed by atoms with E-state index in [1.54, 1.807) is 11.8 Å². The Hall–Kier alpha value is -0.510. The summed E-state index contributed by atoms with van der Waals surface area (Å²) in [6.45, 7) is 0.869. The maximum atomic E-state index is 8.09. The van der Waals surface area contributed by atoms with Crippen molar-refractivity contribution in [3.63, 3.8) is 0 Å². The van der Waals surface area contributed by atoms with E-state index in [2.05, 4.69) is 10.1 Å². The maximum Gasteiger partial charge on any atom is 0.112 e. The van der Waals surface area contributed by atoms with Gasteiger partial charge in [0, 0.05) is 12.3 Å². The predicted molar refractivity (Wildman–Crippen MR) is 39.7 cm³/mol. The van der Waals surface area contributed by atoms with Crippen LogP contribution in [0.2, 0.25) is 0 Å². The number of oxime groups is 1. The van der Waals surface area contributed by atoms with E-state index in [1.807, 2.05) is 0 Å². The first kappa shape index (κ1) is 6.61. The van der Waals surface area contributed by atoms with Gasteiger partial charge in [-0.15, -0.1) is 11.8 Å². The summed E-state index contributed by atoms with van der Waals surface area (Å²) in [4.78, 5) is 4.09. The van der Waals surface area contributed by atoms with Gasteiger partial charge in [-0.3, -0.25) is 4.99 Å². The van der Waals surface area contributed by atoms with Crippen molar-refractivity contribution in [1.82, 2.24) is 0 Å². The Morgan fingerprint density at radius 3 is 3.22 bits per heavy atom. The molecule has 0 spiro atoms. The quantitative estimate of drug-likeness (QED) is 0.339. The van der Waals surface area contributed by atoms with Crippen LogP contribution >= 0.6 is 11.8 Å². The van der Waals surface area contributed by atoms with Gasteiger partial charge in [0.15, 0.2) is 0 Å². The normalized spacial score (nSPS) is 20.2. The highest BCUT2D eigenvalue weighted by molar-refractivity contribution is 8.15. The number of hydrogen-bond acceptors (Lipinski definition) is 4. The van der Waals surface area contributed by atoms with Crippen LogP contribution in [-0.2, 0) is 0 Å². The summed E-state index contributed by atoms with van der Waals surface area (Å²) in [6, 6.07) is 0. The SMILES string of the molecule is O/N=C\C1=NCCCS1. The van der Waals surface area contributed by atoms with E-state index in [4.69, 9.17) is 5.21 Å². The third-order valence-electron chi connectivity index (χ3n) is 0.988. The highest BCUT2D eigenvalue weighted by Gasteiger charge is 2.01. The average molecular weight is 144 g/mol. The van der Waals surface area contributed by atoms with Crippen molar-refractivity contribution in [2.24, 2.45) is 10.1 Å². The molecule has 0 aromatic carbocycles. The molecule has 3 nitrogen and oxygen atoms in total. The molecule has 0 unspecified atom stereocenters. The zero-order chi connectivity index (χ0) is 6.53. The zero-order valence-electron chi connectivity index (χ0n) is 4.95. The van der Waals surface area contributed by atoms with Gasteiger partial charge in [0.2, 0.25) is 0 Å². The lowest BCUT2D eigenvalue weighted by Gasteiger charge is -2.04. The number of thioether (sulfide) groups is 1. The van der Waals surface area contributed by atoms with Crippen LogP contribution in [0.1, 0.15) is 6.42 Å². The summed E-state index contributed by atoms with van der Waals surface area (Å²) < 4.78 is 0. The van der Waals surface area contributed by atoms with Crippen molar-refractivity contribution in [3.05, 3.63) is 0 Å². The molecule has 1 aliphatic heterocycles. The lowest BCUT2D eigenvalue weighted by atomic mass is 10.5. The molecule has 1 N–H and O–H groups in total. The molecule has 0 aromatic rings. The van der Waals surface area contributed by atoms with Crippen LogP contribution in [0.15, 0.2) is 10.1 Å². The molecule has 0 aliphatic carbocycles. The van der Waals surface area contributed by atoms with Crippen molar-refractivity contribution < 1.29 is 5.21 Å². The van der Waals surface area contributed by atoms with Gasteiger partial charge in [0.1, 0.15) is 5.04 Å². The van der Waals surface area contributed by atoms with E-state index in [-0.39, 0.29) is 0 Å². The van der Waals surface area contributed by atoms with Gasteiger partial charge in [-0.05, 0) is 6.42 Å². The molecule has 0 aromatic heterocycles. The van der Waals surface area contributed by atoms with Crippen molar-refractivity contribution in [2.45, 2.75) is 6.42 Å². The van der Waals surface area contributed by atoms with Crippen molar-refractivity contribution >= 4 is 23.0 Å². The molecule has 1 rings (SSSR count). The van der Waals surface area contributed by atoms with Crippen molar-refractivity contribution in [1.29, 1.82) is 0 Å². The molecular formula is C5H8N2OS. The second-order valence-electron chi connectivity index (χ2n) is 1.67. The minimum Gasteiger partial charge on any atom is -0.411 e. The lowest BCUT2D eigenvalue weighted by molar-refractivity contribution is 0.322. The second kappa shape index (κ2) is 3.50. The molecule has 0 saturated carbocycles. The molecule has 0 amide bonds. The molecule has 4 heteroatoms. The third-order valence-corrected chi connectivity index (χ3v) is 2.01. The molecule has 0 fully saturated rings. The summed E-state index contributed by atoms with van der Waals surface area (Å²) in [7, 11) is 0.